The highest BCUT2D eigenvalue weighted by molar-refractivity contribution is 7.92. The van der Waals surface area contributed by atoms with Crippen LogP contribution >= 0.6 is 0 Å². The number of morpholine rings is 1. The maximum absolute atomic E-state index is 14.0. The van der Waals surface area contributed by atoms with Gasteiger partial charge in [-0.15, -0.1) is 5.10 Å². The summed E-state index contributed by atoms with van der Waals surface area (Å²) in [4.78, 5) is 1.82. The molecule has 1 saturated heterocycles. The van der Waals surface area contributed by atoms with Gasteiger partial charge in [0.1, 0.15) is 5.82 Å². The molecule has 1 aliphatic rings. The molecule has 3 rings (SSSR count). The highest BCUT2D eigenvalue weighted by Crippen LogP contribution is 2.26. The van der Waals surface area contributed by atoms with Crippen LogP contribution in [0.1, 0.15) is 0 Å². The summed E-state index contributed by atoms with van der Waals surface area (Å²) in [7, 11) is -2.36. The smallest absolute Gasteiger partial charge is 0.280 e. The molecule has 0 saturated carbocycles. The Bertz CT molecular complexity index is 802. The Labute approximate surface area is 132 Å². The topological polar surface area (TPSA) is 89.3 Å². The molecule has 2 heterocycles. The number of nitrogens with one attached hydrogen (secondary N) is 1. The molecule has 10 heteroatoms. The van der Waals surface area contributed by atoms with Crippen LogP contribution in [-0.4, -0.2) is 49.7 Å². The normalized spacial score (nSPS) is 15.7. The summed E-state index contributed by atoms with van der Waals surface area (Å²) in [6.07, 6.45) is 1.15. The van der Waals surface area contributed by atoms with Crippen molar-refractivity contribution in [2.45, 2.75) is 5.03 Å². The van der Waals surface area contributed by atoms with Gasteiger partial charge in [-0.2, -0.15) is 8.42 Å². The van der Waals surface area contributed by atoms with E-state index in [9.17, 15) is 12.8 Å². The van der Waals surface area contributed by atoms with Gasteiger partial charge in [0.15, 0.2) is 5.03 Å². The van der Waals surface area contributed by atoms with Gasteiger partial charge in [0, 0.05) is 20.1 Å². The number of aromatic nitrogens is 3. The molecule has 0 aliphatic carbocycles. The molecular formula is C13H16FN5O3S. The number of halogens is 1. The molecule has 1 aromatic heterocycles. The Morgan fingerprint density at radius 3 is 2.70 bits per heavy atom. The lowest BCUT2D eigenvalue weighted by atomic mass is 10.2. The minimum Gasteiger partial charge on any atom is -0.378 e. The number of hydrogen-bond donors (Lipinski definition) is 1. The van der Waals surface area contributed by atoms with Crippen molar-refractivity contribution in [3.05, 3.63) is 30.2 Å². The summed E-state index contributed by atoms with van der Waals surface area (Å²) in [6.45, 7) is 2.13. The van der Waals surface area contributed by atoms with Gasteiger partial charge in [-0.3, -0.25) is 4.72 Å². The number of hydrogen-bond acceptors (Lipinski definition) is 6. The van der Waals surface area contributed by atoms with Gasteiger partial charge in [-0.05, 0) is 18.2 Å². The zero-order chi connectivity index (χ0) is 16.4. The van der Waals surface area contributed by atoms with Crippen LogP contribution in [0, 0.1) is 5.82 Å². The third-order valence-corrected chi connectivity index (χ3v) is 4.92. The molecule has 8 nitrogen and oxygen atoms in total. The minimum absolute atomic E-state index is 0.0743. The monoisotopic (exact) mass is 341 g/mol. The lowest BCUT2D eigenvalue weighted by Gasteiger charge is -2.29. The SMILES string of the molecule is Cn1nncc1S(=O)(=O)Nc1ccc(F)c(N2CCOCC2)c1. The van der Waals surface area contributed by atoms with E-state index < -0.39 is 15.8 Å². The third-order valence-electron chi connectivity index (χ3n) is 3.50. The van der Waals surface area contributed by atoms with E-state index in [2.05, 4.69) is 15.0 Å². The molecule has 0 radical (unpaired) electrons. The molecule has 1 aromatic carbocycles. The standard InChI is InChI=1S/C13H16FN5O3S/c1-18-13(9-15-17-18)23(20,21)16-10-2-3-11(14)12(8-10)19-4-6-22-7-5-19/h2-3,8-9,16H,4-7H2,1H3. The van der Waals surface area contributed by atoms with E-state index in [0.717, 1.165) is 10.9 Å². The van der Waals surface area contributed by atoms with Crippen LogP contribution in [0.2, 0.25) is 0 Å². The van der Waals surface area contributed by atoms with Crippen LogP contribution in [0.4, 0.5) is 15.8 Å². The largest absolute Gasteiger partial charge is 0.378 e. The Balaban J connectivity index is 1.88. The maximum atomic E-state index is 14.0. The quantitative estimate of drug-likeness (QED) is 0.876. The second kappa shape index (κ2) is 6.13. The van der Waals surface area contributed by atoms with Crippen LogP contribution < -0.4 is 9.62 Å². The van der Waals surface area contributed by atoms with E-state index >= 15 is 0 Å². The summed E-state index contributed by atoms with van der Waals surface area (Å²) < 4.78 is 47.5. The van der Waals surface area contributed by atoms with Crippen LogP contribution in [0.3, 0.4) is 0 Å². The Kier molecular flexibility index (Phi) is 4.18. The van der Waals surface area contributed by atoms with Gasteiger partial charge in [0.05, 0.1) is 30.8 Å². The molecule has 124 valence electrons. The summed E-state index contributed by atoms with van der Waals surface area (Å²) in [5.41, 5.74) is 0.616. The number of benzene rings is 1. The van der Waals surface area contributed by atoms with Crippen molar-refractivity contribution in [3.63, 3.8) is 0 Å². The highest BCUT2D eigenvalue weighted by atomic mass is 32.2. The molecule has 0 unspecified atom stereocenters. The lowest BCUT2D eigenvalue weighted by Crippen LogP contribution is -2.36. The minimum atomic E-state index is -3.84. The van der Waals surface area contributed by atoms with Crippen molar-refractivity contribution in [2.75, 3.05) is 35.9 Å². The molecule has 0 amide bonds. The van der Waals surface area contributed by atoms with E-state index in [4.69, 9.17) is 4.74 Å². The number of rotatable bonds is 4. The molecule has 0 bridgehead atoms. The van der Waals surface area contributed by atoms with Crippen LogP contribution in [0.25, 0.3) is 0 Å². The first-order valence-corrected chi connectivity index (χ1v) is 8.45. The molecule has 0 spiro atoms. The molecular weight excluding hydrogens is 325 g/mol. The molecule has 1 fully saturated rings. The van der Waals surface area contributed by atoms with Crippen molar-refractivity contribution >= 4 is 21.4 Å². The van der Waals surface area contributed by atoms with Gasteiger partial charge in [0.25, 0.3) is 10.0 Å². The fourth-order valence-corrected chi connectivity index (χ4v) is 3.47. The van der Waals surface area contributed by atoms with E-state index in [-0.39, 0.29) is 10.7 Å². The molecule has 0 atom stereocenters. The van der Waals surface area contributed by atoms with Crippen molar-refractivity contribution < 1.29 is 17.5 Å². The Hall–Kier alpha value is -2.20. The van der Waals surface area contributed by atoms with Crippen molar-refractivity contribution in [1.82, 2.24) is 15.0 Å². The number of nitrogens with zero attached hydrogens (tertiary/aromatic N) is 4. The van der Waals surface area contributed by atoms with Crippen molar-refractivity contribution in [2.24, 2.45) is 7.05 Å². The summed E-state index contributed by atoms with van der Waals surface area (Å²) >= 11 is 0. The van der Waals surface area contributed by atoms with E-state index in [1.165, 1.54) is 25.2 Å². The zero-order valence-electron chi connectivity index (χ0n) is 12.4. The second-order valence-electron chi connectivity index (χ2n) is 5.07. The first-order valence-electron chi connectivity index (χ1n) is 6.97. The second-order valence-corrected chi connectivity index (χ2v) is 6.70. The fourth-order valence-electron chi connectivity index (χ4n) is 2.35. The zero-order valence-corrected chi connectivity index (χ0v) is 13.3. The molecule has 2 aromatic rings. The Morgan fingerprint density at radius 2 is 2.04 bits per heavy atom. The summed E-state index contributed by atoms with van der Waals surface area (Å²) in [6, 6.07) is 4.09. The molecule has 1 aliphatic heterocycles. The van der Waals surface area contributed by atoms with Crippen molar-refractivity contribution in [3.8, 4) is 0 Å². The third kappa shape index (κ3) is 3.27. The average Bonchev–Trinajstić information content (AvgIpc) is 2.97. The lowest BCUT2D eigenvalue weighted by molar-refractivity contribution is 0.122. The number of aryl methyl sites for hydroxylation is 1. The van der Waals surface area contributed by atoms with Gasteiger partial charge >= 0.3 is 0 Å². The van der Waals surface area contributed by atoms with E-state index in [1.54, 1.807) is 0 Å². The first-order chi connectivity index (χ1) is 11.0. The van der Waals surface area contributed by atoms with E-state index in [1.807, 2.05) is 4.90 Å². The van der Waals surface area contributed by atoms with Gasteiger partial charge < -0.3 is 9.64 Å². The van der Waals surface area contributed by atoms with Gasteiger partial charge in [0.2, 0.25) is 0 Å². The van der Waals surface area contributed by atoms with Gasteiger partial charge in [-0.1, -0.05) is 5.21 Å². The molecule has 23 heavy (non-hydrogen) atoms. The van der Waals surface area contributed by atoms with Crippen LogP contribution in [0.5, 0.6) is 0 Å². The Morgan fingerprint density at radius 1 is 1.30 bits per heavy atom. The maximum Gasteiger partial charge on any atom is 0.280 e. The highest BCUT2D eigenvalue weighted by Gasteiger charge is 2.21. The van der Waals surface area contributed by atoms with Crippen LogP contribution in [-0.2, 0) is 21.8 Å². The van der Waals surface area contributed by atoms with Crippen LogP contribution in [0.15, 0.2) is 29.4 Å². The fraction of sp³-hybridized carbons (Fsp3) is 0.385. The number of anilines is 2. The predicted molar refractivity (Wildman–Crippen MR) is 81.2 cm³/mol. The van der Waals surface area contributed by atoms with E-state index in [0.29, 0.717) is 32.0 Å². The molecule has 1 N–H and O–H groups in total. The average molecular weight is 341 g/mol. The summed E-state index contributed by atoms with van der Waals surface area (Å²) in [5, 5.41) is 7.07. The number of ether oxygens (including phenoxy) is 1. The predicted octanol–water partition coefficient (Wildman–Crippen LogP) is 0.592. The van der Waals surface area contributed by atoms with Gasteiger partial charge in [-0.25, -0.2) is 9.07 Å². The first kappa shape index (κ1) is 15.7. The summed E-state index contributed by atoms with van der Waals surface area (Å²) in [5.74, 6) is -0.406. The van der Waals surface area contributed by atoms with Crippen molar-refractivity contribution in [1.29, 1.82) is 0 Å². The number of sulfonamides is 1.